The molecule has 1 aliphatic rings. The number of hydrogen-bond donors (Lipinski definition) is 0. The fraction of sp³-hybridized carbons (Fsp3) is 0.278. The first-order chi connectivity index (χ1) is 11.7. The Morgan fingerprint density at radius 1 is 1.04 bits per heavy atom. The monoisotopic (exact) mass is 359 g/mol. The van der Waals surface area contributed by atoms with E-state index in [4.69, 9.17) is 21.3 Å². The lowest BCUT2D eigenvalue weighted by atomic mass is 10.2. The van der Waals surface area contributed by atoms with E-state index in [1.54, 1.807) is 18.4 Å². The molecule has 6 heteroatoms. The number of ether oxygens (including phenoxy) is 1. The highest BCUT2D eigenvalue weighted by Crippen LogP contribution is 2.34. The lowest BCUT2D eigenvalue weighted by Crippen LogP contribution is -2.46. The van der Waals surface area contributed by atoms with Crippen LogP contribution in [0, 0.1) is 0 Å². The number of fused-ring (bicyclic) bond motifs is 1. The quantitative estimate of drug-likeness (QED) is 0.697. The highest BCUT2D eigenvalue weighted by atomic mass is 35.5. The van der Waals surface area contributed by atoms with Crippen molar-refractivity contribution in [3.05, 3.63) is 47.5 Å². The predicted molar refractivity (Wildman–Crippen MR) is 102 cm³/mol. The van der Waals surface area contributed by atoms with Crippen LogP contribution in [0.15, 0.2) is 42.5 Å². The number of anilines is 2. The van der Waals surface area contributed by atoms with Gasteiger partial charge in [0, 0.05) is 36.9 Å². The molecule has 0 bridgehead atoms. The van der Waals surface area contributed by atoms with E-state index in [2.05, 4.69) is 21.9 Å². The number of aromatic nitrogens is 1. The van der Waals surface area contributed by atoms with E-state index in [9.17, 15) is 0 Å². The van der Waals surface area contributed by atoms with Crippen molar-refractivity contribution in [3.8, 4) is 5.75 Å². The summed E-state index contributed by atoms with van der Waals surface area (Å²) >= 11 is 7.83. The van der Waals surface area contributed by atoms with Gasteiger partial charge in [0.2, 0.25) is 0 Å². The number of hydrogen-bond acceptors (Lipinski definition) is 5. The van der Waals surface area contributed by atoms with Gasteiger partial charge in [0.05, 0.1) is 11.8 Å². The van der Waals surface area contributed by atoms with Crippen LogP contribution in [0.25, 0.3) is 10.2 Å². The molecule has 1 fully saturated rings. The van der Waals surface area contributed by atoms with E-state index in [0.29, 0.717) is 0 Å². The van der Waals surface area contributed by atoms with Crippen LogP contribution in [0.2, 0.25) is 5.02 Å². The molecule has 1 aliphatic heterocycles. The molecule has 0 saturated carbocycles. The number of thiazole rings is 1. The van der Waals surface area contributed by atoms with Gasteiger partial charge in [0.1, 0.15) is 11.3 Å². The minimum atomic E-state index is 0.785. The maximum Gasteiger partial charge on any atom is 0.186 e. The van der Waals surface area contributed by atoms with Crippen molar-refractivity contribution in [2.24, 2.45) is 0 Å². The van der Waals surface area contributed by atoms with Gasteiger partial charge in [-0.05, 0) is 30.3 Å². The zero-order chi connectivity index (χ0) is 16.5. The van der Waals surface area contributed by atoms with Crippen LogP contribution in [0.5, 0.6) is 5.75 Å². The summed E-state index contributed by atoms with van der Waals surface area (Å²) in [6.07, 6.45) is 0. The summed E-state index contributed by atoms with van der Waals surface area (Å²) in [6.45, 7) is 3.84. The third-order valence-corrected chi connectivity index (χ3v) is 5.63. The molecule has 24 heavy (non-hydrogen) atoms. The molecule has 124 valence electrons. The normalized spacial score (nSPS) is 15.1. The number of para-hydroxylation sites is 1. The first kappa shape index (κ1) is 15.5. The highest BCUT2D eigenvalue weighted by Gasteiger charge is 2.21. The predicted octanol–water partition coefficient (Wildman–Crippen LogP) is 4.28. The van der Waals surface area contributed by atoms with Crippen molar-refractivity contribution >= 4 is 44.0 Å². The molecule has 4 rings (SSSR count). The Morgan fingerprint density at radius 2 is 1.79 bits per heavy atom. The molecule has 0 radical (unpaired) electrons. The Hall–Kier alpha value is -1.98. The number of rotatable bonds is 3. The second-order valence-electron chi connectivity index (χ2n) is 5.76. The molecule has 0 spiro atoms. The lowest BCUT2D eigenvalue weighted by molar-refractivity contribution is 0.419. The van der Waals surface area contributed by atoms with Crippen LogP contribution in [0.3, 0.4) is 0 Å². The van der Waals surface area contributed by atoms with E-state index < -0.39 is 0 Å². The zero-order valence-electron chi connectivity index (χ0n) is 13.4. The molecular formula is C18H18ClN3OS. The van der Waals surface area contributed by atoms with Gasteiger partial charge in [-0.2, -0.15) is 0 Å². The topological polar surface area (TPSA) is 28.6 Å². The zero-order valence-corrected chi connectivity index (χ0v) is 15.0. The largest absolute Gasteiger partial charge is 0.494 e. The summed E-state index contributed by atoms with van der Waals surface area (Å²) in [4.78, 5) is 9.52. The van der Waals surface area contributed by atoms with Crippen LogP contribution in [-0.2, 0) is 0 Å². The molecular weight excluding hydrogens is 342 g/mol. The minimum Gasteiger partial charge on any atom is -0.494 e. The van der Waals surface area contributed by atoms with Gasteiger partial charge in [-0.25, -0.2) is 4.98 Å². The van der Waals surface area contributed by atoms with Crippen molar-refractivity contribution < 1.29 is 4.74 Å². The molecule has 0 atom stereocenters. The maximum atomic E-state index is 6.11. The van der Waals surface area contributed by atoms with Crippen LogP contribution >= 0.6 is 22.9 Å². The SMILES string of the molecule is COc1cccc2sc(N3CCN(c4cccc(Cl)c4)CC3)nc12. The van der Waals surface area contributed by atoms with Gasteiger partial charge in [-0.15, -0.1) is 0 Å². The smallest absolute Gasteiger partial charge is 0.186 e. The molecule has 4 nitrogen and oxygen atoms in total. The average molecular weight is 360 g/mol. The van der Waals surface area contributed by atoms with Gasteiger partial charge < -0.3 is 14.5 Å². The fourth-order valence-electron chi connectivity index (χ4n) is 3.04. The lowest BCUT2D eigenvalue weighted by Gasteiger charge is -2.36. The number of nitrogens with zero attached hydrogens (tertiary/aromatic N) is 3. The van der Waals surface area contributed by atoms with Gasteiger partial charge in [0.25, 0.3) is 0 Å². The van der Waals surface area contributed by atoms with Crippen molar-refractivity contribution in [2.75, 3.05) is 43.1 Å². The average Bonchev–Trinajstić information content (AvgIpc) is 3.06. The Bertz CT molecular complexity index is 858. The number of piperazine rings is 1. The summed E-state index contributed by atoms with van der Waals surface area (Å²) < 4.78 is 6.59. The van der Waals surface area contributed by atoms with E-state index in [-0.39, 0.29) is 0 Å². The van der Waals surface area contributed by atoms with Crippen LogP contribution < -0.4 is 14.5 Å². The van der Waals surface area contributed by atoms with E-state index in [1.807, 2.05) is 30.3 Å². The number of halogens is 1. The Morgan fingerprint density at radius 3 is 2.54 bits per heavy atom. The third-order valence-electron chi connectivity index (χ3n) is 4.31. The first-order valence-corrected chi connectivity index (χ1v) is 9.13. The van der Waals surface area contributed by atoms with Gasteiger partial charge in [-0.3, -0.25) is 0 Å². The van der Waals surface area contributed by atoms with Crippen LogP contribution in [-0.4, -0.2) is 38.3 Å². The molecule has 0 amide bonds. The maximum absolute atomic E-state index is 6.11. The molecule has 2 heterocycles. The van der Waals surface area contributed by atoms with Crippen molar-refractivity contribution in [2.45, 2.75) is 0 Å². The van der Waals surface area contributed by atoms with E-state index in [1.165, 1.54) is 10.4 Å². The standard InChI is InChI=1S/C18H18ClN3OS/c1-23-15-6-3-7-16-17(15)20-18(24-16)22-10-8-21(9-11-22)14-5-2-4-13(19)12-14/h2-7,12H,8-11H2,1H3. The molecule has 0 N–H and O–H groups in total. The Labute approximate surface area is 150 Å². The summed E-state index contributed by atoms with van der Waals surface area (Å²) in [5.41, 5.74) is 2.14. The number of methoxy groups -OCH3 is 1. The Kier molecular flexibility index (Phi) is 4.21. The van der Waals surface area contributed by atoms with Gasteiger partial charge >= 0.3 is 0 Å². The van der Waals surface area contributed by atoms with Crippen LogP contribution in [0.1, 0.15) is 0 Å². The fourth-order valence-corrected chi connectivity index (χ4v) is 4.26. The van der Waals surface area contributed by atoms with Gasteiger partial charge in [0.15, 0.2) is 5.13 Å². The third kappa shape index (κ3) is 2.89. The minimum absolute atomic E-state index is 0.785. The summed E-state index contributed by atoms with van der Waals surface area (Å²) in [5, 5.41) is 1.86. The summed E-state index contributed by atoms with van der Waals surface area (Å²) in [7, 11) is 1.69. The summed E-state index contributed by atoms with van der Waals surface area (Å²) in [5.74, 6) is 0.840. The van der Waals surface area contributed by atoms with E-state index >= 15 is 0 Å². The molecule has 3 aromatic rings. The van der Waals surface area contributed by atoms with Crippen molar-refractivity contribution in [1.29, 1.82) is 0 Å². The summed E-state index contributed by atoms with van der Waals surface area (Å²) in [6, 6.07) is 14.1. The van der Waals surface area contributed by atoms with Crippen molar-refractivity contribution in [1.82, 2.24) is 4.98 Å². The number of benzene rings is 2. The molecule has 0 unspecified atom stereocenters. The Balaban J connectivity index is 1.52. The first-order valence-electron chi connectivity index (χ1n) is 7.93. The van der Waals surface area contributed by atoms with Crippen LogP contribution in [0.4, 0.5) is 10.8 Å². The van der Waals surface area contributed by atoms with E-state index in [0.717, 1.165) is 47.6 Å². The molecule has 1 saturated heterocycles. The molecule has 2 aromatic carbocycles. The second kappa shape index (κ2) is 6.49. The van der Waals surface area contributed by atoms with Gasteiger partial charge in [-0.1, -0.05) is 35.1 Å². The molecule has 1 aromatic heterocycles. The second-order valence-corrected chi connectivity index (χ2v) is 7.20. The molecule has 0 aliphatic carbocycles. The van der Waals surface area contributed by atoms with Crippen molar-refractivity contribution in [3.63, 3.8) is 0 Å². The highest BCUT2D eigenvalue weighted by molar-refractivity contribution is 7.22.